The Labute approximate surface area is 111 Å². The van der Waals surface area contributed by atoms with Gasteiger partial charge in [0.1, 0.15) is 12.4 Å². The van der Waals surface area contributed by atoms with Crippen LogP contribution in [0.4, 0.5) is 4.79 Å². The predicted octanol–water partition coefficient (Wildman–Crippen LogP) is 1.40. The zero-order valence-electron chi connectivity index (χ0n) is 10.1. The molecule has 0 aromatic heterocycles. The maximum Gasteiger partial charge on any atom is 0.315 e. The van der Waals surface area contributed by atoms with E-state index in [1.165, 1.54) is 0 Å². The molecule has 0 radical (unpaired) electrons. The van der Waals surface area contributed by atoms with Crippen LogP contribution in [0, 0.1) is 0 Å². The van der Waals surface area contributed by atoms with E-state index in [0.29, 0.717) is 23.9 Å². The minimum absolute atomic E-state index is 0.0937. The van der Waals surface area contributed by atoms with Crippen LogP contribution in [-0.2, 0) is 0 Å². The van der Waals surface area contributed by atoms with E-state index >= 15 is 0 Å². The molecule has 0 bridgehead atoms. The average Bonchev–Trinajstić information content (AvgIpc) is 2.36. The summed E-state index contributed by atoms with van der Waals surface area (Å²) in [5, 5.41) is 14.5. The van der Waals surface area contributed by atoms with Gasteiger partial charge in [-0.15, -0.1) is 0 Å². The lowest BCUT2D eigenvalue weighted by atomic mass is 10.3. The van der Waals surface area contributed by atoms with Gasteiger partial charge in [0.2, 0.25) is 0 Å². The molecule has 18 heavy (non-hydrogen) atoms. The summed E-state index contributed by atoms with van der Waals surface area (Å²) in [7, 11) is 0. The third-order valence-electron chi connectivity index (χ3n) is 2.13. The van der Waals surface area contributed by atoms with Gasteiger partial charge in [0, 0.05) is 0 Å². The summed E-state index contributed by atoms with van der Waals surface area (Å²) in [4.78, 5) is 11.3. The number of benzene rings is 1. The van der Waals surface area contributed by atoms with E-state index < -0.39 is 0 Å². The molecule has 1 atom stereocenters. The largest absolute Gasteiger partial charge is 0.490 e. The fourth-order valence-corrected chi connectivity index (χ4v) is 1.40. The highest BCUT2D eigenvalue weighted by Gasteiger charge is 2.05. The zero-order chi connectivity index (χ0) is 13.4. The Morgan fingerprint density at radius 3 is 2.89 bits per heavy atom. The summed E-state index contributed by atoms with van der Waals surface area (Å²) in [5.41, 5.74) is 0. The molecule has 0 heterocycles. The third-order valence-corrected chi connectivity index (χ3v) is 2.45. The van der Waals surface area contributed by atoms with Crippen LogP contribution >= 0.6 is 11.6 Å². The van der Waals surface area contributed by atoms with E-state index in [0.717, 1.165) is 0 Å². The van der Waals surface area contributed by atoms with Gasteiger partial charge in [-0.1, -0.05) is 23.7 Å². The van der Waals surface area contributed by atoms with E-state index in [2.05, 4.69) is 10.6 Å². The summed E-state index contributed by atoms with van der Waals surface area (Å²) in [6.07, 6.45) is 0. The first-order valence-corrected chi connectivity index (χ1v) is 6.04. The standard InChI is InChI=1S/C12H17ClN2O3/c1-9(8-16)15-12(17)14-6-7-18-11-5-3-2-4-10(11)13/h2-5,9,16H,6-8H2,1H3,(H2,14,15,17)/t9-/m0/s1. The van der Waals surface area contributed by atoms with Gasteiger partial charge in [-0.2, -0.15) is 0 Å². The average molecular weight is 273 g/mol. The van der Waals surface area contributed by atoms with Crippen molar-refractivity contribution in [3.63, 3.8) is 0 Å². The Hall–Kier alpha value is -1.46. The molecule has 0 aliphatic heterocycles. The predicted molar refractivity (Wildman–Crippen MR) is 70.0 cm³/mol. The van der Waals surface area contributed by atoms with E-state index in [4.69, 9.17) is 21.4 Å². The summed E-state index contributed by atoms with van der Waals surface area (Å²) in [6, 6.07) is 6.53. The molecule has 100 valence electrons. The van der Waals surface area contributed by atoms with Gasteiger partial charge in [0.05, 0.1) is 24.2 Å². The van der Waals surface area contributed by atoms with Crippen LogP contribution in [0.5, 0.6) is 5.75 Å². The monoisotopic (exact) mass is 272 g/mol. The minimum atomic E-state index is -0.334. The van der Waals surface area contributed by atoms with E-state index in [9.17, 15) is 4.79 Å². The highest BCUT2D eigenvalue weighted by atomic mass is 35.5. The number of urea groups is 1. The smallest absolute Gasteiger partial charge is 0.315 e. The summed E-state index contributed by atoms with van der Waals surface area (Å²) < 4.78 is 5.39. The van der Waals surface area contributed by atoms with Gasteiger partial charge >= 0.3 is 6.03 Å². The van der Waals surface area contributed by atoms with Crippen molar-refractivity contribution >= 4 is 17.6 Å². The van der Waals surface area contributed by atoms with Crippen LogP contribution in [0.3, 0.4) is 0 Å². The first kappa shape index (κ1) is 14.6. The fourth-order valence-electron chi connectivity index (χ4n) is 1.21. The van der Waals surface area contributed by atoms with Crippen LogP contribution in [0.25, 0.3) is 0 Å². The van der Waals surface area contributed by atoms with Gasteiger partial charge < -0.3 is 20.5 Å². The number of para-hydroxylation sites is 1. The molecule has 1 rings (SSSR count). The molecule has 5 nitrogen and oxygen atoms in total. The number of hydrogen-bond donors (Lipinski definition) is 3. The summed E-state index contributed by atoms with van der Waals surface area (Å²) >= 11 is 5.90. The number of hydrogen-bond acceptors (Lipinski definition) is 3. The quantitative estimate of drug-likeness (QED) is 0.686. The molecule has 0 aliphatic carbocycles. The van der Waals surface area contributed by atoms with Crippen molar-refractivity contribution in [1.29, 1.82) is 0 Å². The molecule has 0 saturated heterocycles. The van der Waals surface area contributed by atoms with E-state index in [1.807, 2.05) is 12.1 Å². The summed E-state index contributed by atoms with van der Waals surface area (Å²) in [5.74, 6) is 0.588. The molecule has 0 saturated carbocycles. The lowest BCUT2D eigenvalue weighted by molar-refractivity contribution is 0.218. The number of amides is 2. The Kier molecular flexibility index (Phi) is 6.32. The number of nitrogens with one attached hydrogen (secondary N) is 2. The molecule has 0 fully saturated rings. The third kappa shape index (κ3) is 5.25. The molecule has 6 heteroatoms. The second-order valence-electron chi connectivity index (χ2n) is 3.76. The van der Waals surface area contributed by atoms with Crippen molar-refractivity contribution in [2.75, 3.05) is 19.8 Å². The SMILES string of the molecule is C[C@@H](CO)NC(=O)NCCOc1ccccc1Cl. The Morgan fingerprint density at radius 1 is 1.50 bits per heavy atom. The molecule has 1 aromatic rings. The maximum atomic E-state index is 11.3. The molecule has 2 amide bonds. The fraction of sp³-hybridized carbons (Fsp3) is 0.417. The van der Waals surface area contributed by atoms with Crippen LogP contribution in [0.2, 0.25) is 5.02 Å². The molecule has 0 aliphatic rings. The number of aliphatic hydroxyl groups excluding tert-OH is 1. The van der Waals surface area contributed by atoms with E-state index in [1.54, 1.807) is 19.1 Å². The van der Waals surface area contributed by atoms with Gasteiger partial charge in [0.25, 0.3) is 0 Å². The topological polar surface area (TPSA) is 70.6 Å². The minimum Gasteiger partial charge on any atom is -0.490 e. The molecule has 0 spiro atoms. The lowest BCUT2D eigenvalue weighted by Crippen LogP contribution is -2.43. The van der Waals surface area contributed by atoms with Crippen LogP contribution in [0.15, 0.2) is 24.3 Å². The number of ether oxygens (including phenoxy) is 1. The Morgan fingerprint density at radius 2 is 2.22 bits per heavy atom. The number of halogens is 1. The first-order chi connectivity index (χ1) is 8.63. The lowest BCUT2D eigenvalue weighted by Gasteiger charge is -2.12. The van der Waals surface area contributed by atoms with Crippen molar-refractivity contribution < 1.29 is 14.6 Å². The zero-order valence-corrected chi connectivity index (χ0v) is 10.9. The van der Waals surface area contributed by atoms with Crippen LogP contribution in [0.1, 0.15) is 6.92 Å². The Balaban J connectivity index is 2.19. The van der Waals surface area contributed by atoms with Gasteiger partial charge in [-0.25, -0.2) is 4.79 Å². The molecular weight excluding hydrogens is 256 g/mol. The van der Waals surface area contributed by atoms with Crippen LogP contribution in [-0.4, -0.2) is 36.9 Å². The number of carbonyl (C=O) groups is 1. The van der Waals surface area contributed by atoms with Crippen molar-refractivity contribution in [1.82, 2.24) is 10.6 Å². The highest BCUT2D eigenvalue weighted by Crippen LogP contribution is 2.22. The van der Waals surface area contributed by atoms with Crippen molar-refractivity contribution in [2.24, 2.45) is 0 Å². The number of carbonyl (C=O) groups excluding carboxylic acids is 1. The second-order valence-corrected chi connectivity index (χ2v) is 4.17. The molecule has 3 N–H and O–H groups in total. The highest BCUT2D eigenvalue weighted by molar-refractivity contribution is 6.32. The number of aliphatic hydroxyl groups is 1. The first-order valence-electron chi connectivity index (χ1n) is 5.66. The number of rotatable bonds is 6. The second kappa shape index (κ2) is 7.79. The normalized spacial score (nSPS) is 11.7. The molecule has 1 aromatic carbocycles. The van der Waals surface area contributed by atoms with Gasteiger partial charge in [-0.05, 0) is 19.1 Å². The van der Waals surface area contributed by atoms with Crippen molar-refractivity contribution in [2.45, 2.75) is 13.0 Å². The van der Waals surface area contributed by atoms with Gasteiger partial charge in [0.15, 0.2) is 0 Å². The van der Waals surface area contributed by atoms with Crippen molar-refractivity contribution in [3.8, 4) is 5.75 Å². The van der Waals surface area contributed by atoms with Crippen LogP contribution < -0.4 is 15.4 Å². The molecule has 0 unspecified atom stereocenters. The van der Waals surface area contributed by atoms with E-state index in [-0.39, 0.29) is 18.7 Å². The van der Waals surface area contributed by atoms with Crippen molar-refractivity contribution in [3.05, 3.63) is 29.3 Å². The summed E-state index contributed by atoms with van der Waals surface area (Å²) in [6.45, 7) is 2.29. The maximum absolute atomic E-state index is 11.3. The van der Waals surface area contributed by atoms with Gasteiger partial charge in [-0.3, -0.25) is 0 Å². The molecular formula is C12H17ClN2O3. The Bertz CT molecular complexity index is 387.